The van der Waals surface area contributed by atoms with E-state index in [1.807, 2.05) is 13.1 Å². The summed E-state index contributed by atoms with van der Waals surface area (Å²) in [5.74, 6) is -0.510. The summed E-state index contributed by atoms with van der Waals surface area (Å²) in [7, 11) is 1.49. The third-order valence-corrected chi connectivity index (χ3v) is 3.85. The van der Waals surface area contributed by atoms with Gasteiger partial charge in [-0.3, -0.25) is 24.3 Å². The zero-order valence-electron chi connectivity index (χ0n) is 12.1. The number of carbonyl (C=O) groups is 1. The van der Waals surface area contributed by atoms with E-state index in [1.54, 1.807) is 4.68 Å². The highest BCUT2D eigenvalue weighted by molar-refractivity contribution is 9.10. The highest BCUT2D eigenvalue weighted by atomic mass is 79.9. The van der Waals surface area contributed by atoms with E-state index in [2.05, 4.69) is 31.4 Å². The molecule has 0 aliphatic rings. The number of carbonyl (C=O) groups excluding carboxylic acids is 1. The molecule has 0 fully saturated rings. The van der Waals surface area contributed by atoms with Crippen molar-refractivity contribution in [2.45, 2.75) is 19.9 Å². The number of nitrogens with zero attached hydrogens (tertiary/aromatic N) is 5. The molecule has 2 rings (SSSR count). The van der Waals surface area contributed by atoms with Gasteiger partial charge in [0.05, 0.1) is 15.1 Å². The zero-order chi connectivity index (χ0) is 16.3. The molecule has 0 radical (unpaired) electrons. The van der Waals surface area contributed by atoms with Crippen LogP contribution >= 0.6 is 15.9 Å². The molecule has 0 saturated carbocycles. The lowest BCUT2D eigenvalue weighted by molar-refractivity contribution is -0.385. The smallest absolute Gasteiger partial charge is 0.320 e. The molecule has 10 heteroatoms. The standard InChI is InChI=1S/C12H15BrN6O3/c1-8-9(13)7-18(16-8)5-3-4-14-12(20)11-10(19(21)22)6-15-17(11)2/h6-7H,3-5H2,1-2H3,(H,14,20). The van der Waals surface area contributed by atoms with E-state index in [0.717, 1.165) is 16.4 Å². The molecule has 0 saturated heterocycles. The molecule has 0 atom stereocenters. The highest BCUT2D eigenvalue weighted by Crippen LogP contribution is 2.16. The van der Waals surface area contributed by atoms with Gasteiger partial charge in [-0.1, -0.05) is 0 Å². The third-order valence-electron chi connectivity index (χ3n) is 3.07. The lowest BCUT2D eigenvalue weighted by Gasteiger charge is -2.05. The third kappa shape index (κ3) is 3.50. The summed E-state index contributed by atoms with van der Waals surface area (Å²) >= 11 is 3.38. The van der Waals surface area contributed by atoms with Crippen LogP contribution in [0.2, 0.25) is 0 Å². The summed E-state index contributed by atoms with van der Waals surface area (Å²) in [4.78, 5) is 22.2. The summed E-state index contributed by atoms with van der Waals surface area (Å²) in [5.41, 5.74) is 0.545. The van der Waals surface area contributed by atoms with Gasteiger partial charge in [-0.25, -0.2) is 0 Å². The Morgan fingerprint density at radius 1 is 1.55 bits per heavy atom. The van der Waals surface area contributed by atoms with Crippen molar-refractivity contribution in [3.63, 3.8) is 0 Å². The zero-order valence-corrected chi connectivity index (χ0v) is 13.7. The quantitative estimate of drug-likeness (QED) is 0.469. The lowest BCUT2D eigenvalue weighted by atomic mass is 10.3. The van der Waals surface area contributed by atoms with E-state index in [4.69, 9.17) is 0 Å². The molecule has 22 heavy (non-hydrogen) atoms. The molecule has 9 nitrogen and oxygen atoms in total. The molecule has 0 aromatic carbocycles. The molecule has 0 spiro atoms. The molecule has 1 amide bonds. The minimum Gasteiger partial charge on any atom is -0.350 e. The monoisotopic (exact) mass is 370 g/mol. The first-order chi connectivity index (χ1) is 10.4. The molecule has 0 aliphatic carbocycles. The number of hydrogen-bond acceptors (Lipinski definition) is 5. The highest BCUT2D eigenvalue weighted by Gasteiger charge is 2.24. The van der Waals surface area contributed by atoms with Gasteiger partial charge in [0.1, 0.15) is 6.20 Å². The van der Waals surface area contributed by atoms with E-state index < -0.39 is 10.8 Å². The van der Waals surface area contributed by atoms with Crippen molar-refractivity contribution in [2.24, 2.45) is 7.05 Å². The molecule has 2 aromatic heterocycles. The molecule has 2 aromatic rings. The molecule has 0 aliphatic heterocycles. The Bertz CT molecular complexity index is 688. The molecule has 0 unspecified atom stereocenters. The Kier molecular flexibility index (Phi) is 4.91. The maximum atomic E-state index is 12.0. The van der Waals surface area contributed by atoms with Gasteiger partial charge in [-0.2, -0.15) is 10.2 Å². The summed E-state index contributed by atoms with van der Waals surface area (Å²) in [6, 6.07) is 0. The van der Waals surface area contributed by atoms with Gasteiger partial charge in [0.15, 0.2) is 0 Å². The summed E-state index contributed by atoms with van der Waals surface area (Å²) in [6.45, 7) is 2.92. The fraction of sp³-hybridized carbons (Fsp3) is 0.417. The Morgan fingerprint density at radius 3 is 2.86 bits per heavy atom. The second-order valence-electron chi connectivity index (χ2n) is 4.69. The van der Waals surface area contributed by atoms with Crippen molar-refractivity contribution in [2.75, 3.05) is 6.54 Å². The second kappa shape index (κ2) is 6.69. The largest absolute Gasteiger partial charge is 0.350 e. The first-order valence-corrected chi connectivity index (χ1v) is 7.33. The average Bonchev–Trinajstić information content (AvgIpc) is 2.98. The number of rotatable bonds is 6. The van der Waals surface area contributed by atoms with Crippen LogP contribution in [0.4, 0.5) is 5.69 Å². The van der Waals surface area contributed by atoms with Gasteiger partial charge < -0.3 is 5.32 Å². The van der Waals surface area contributed by atoms with Crippen LogP contribution in [0.5, 0.6) is 0 Å². The van der Waals surface area contributed by atoms with Gasteiger partial charge in [0.2, 0.25) is 5.69 Å². The number of halogens is 1. The van der Waals surface area contributed by atoms with E-state index >= 15 is 0 Å². The number of nitro groups is 1. The Labute approximate surface area is 134 Å². The minimum atomic E-state index is -0.619. The van der Waals surface area contributed by atoms with Crippen LogP contribution in [0.3, 0.4) is 0 Å². The van der Waals surface area contributed by atoms with Crippen LogP contribution < -0.4 is 5.32 Å². The van der Waals surface area contributed by atoms with Crippen molar-refractivity contribution in [3.05, 3.63) is 38.4 Å². The van der Waals surface area contributed by atoms with Gasteiger partial charge >= 0.3 is 5.69 Å². The van der Waals surface area contributed by atoms with Crippen molar-refractivity contribution in [1.82, 2.24) is 24.9 Å². The van der Waals surface area contributed by atoms with E-state index in [9.17, 15) is 14.9 Å². The van der Waals surface area contributed by atoms with Gasteiger partial charge in [0.25, 0.3) is 5.91 Å². The summed E-state index contributed by atoms with van der Waals surface area (Å²) in [5, 5.41) is 21.5. The predicted molar refractivity (Wildman–Crippen MR) is 81.5 cm³/mol. The van der Waals surface area contributed by atoms with Gasteiger partial charge in [0, 0.05) is 26.3 Å². The fourth-order valence-electron chi connectivity index (χ4n) is 1.96. The van der Waals surface area contributed by atoms with Gasteiger partial charge in [-0.15, -0.1) is 0 Å². The summed E-state index contributed by atoms with van der Waals surface area (Å²) in [6.07, 6.45) is 3.59. The van der Waals surface area contributed by atoms with Crippen LogP contribution in [0.15, 0.2) is 16.9 Å². The molecule has 118 valence electrons. The fourth-order valence-corrected chi connectivity index (χ4v) is 2.27. The number of amides is 1. The Hall–Kier alpha value is -2.23. The molecule has 0 bridgehead atoms. The first-order valence-electron chi connectivity index (χ1n) is 6.54. The van der Waals surface area contributed by atoms with Crippen LogP contribution in [0.25, 0.3) is 0 Å². The second-order valence-corrected chi connectivity index (χ2v) is 5.55. The van der Waals surface area contributed by atoms with E-state index in [0.29, 0.717) is 19.5 Å². The predicted octanol–water partition coefficient (Wildman–Crippen LogP) is 1.42. The van der Waals surface area contributed by atoms with Crippen LogP contribution in [-0.4, -0.2) is 36.9 Å². The van der Waals surface area contributed by atoms with Crippen LogP contribution in [-0.2, 0) is 13.6 Å². The van der Waals surface area contributed by atoms with Crippen molar-refractivity contribution in [3.8, 4) is 0 Å². The normalized spacial score (nSPS) is 10.7. The Balaban J connectivity index is 1.88. The number of aromatic nitrogens is 4. The Morgan fingerprint density at radius 2 is 2.27 bits per heavy atom. The molecular weight excluding hydrogens is 356 g/mol. The first kappa shape index (κ1) is 16.1. The van der Waals surface area contributed by atoms with Gasteiger partial charge in [-0.05, 0) is 29.3 Å². The number of aryl methyl sites for hydroxylation is 3. The molecular formula is C12H15BrN6O3. The van der Waals surface area contributed by atoms with Crippen molar-refractivity contribution >= 4 is 27.5 Å². The summed E-state index contributed by atoms with van der Waals surface area (Å²) < 4.78 is 3.90. The van der Waals surface area contributed by atoms with Crippen molar-refractivity contribution < 1.29 is 9.72 Å². The van der Waals surface area contributed by atoms with E-state index in [-0.39, 0.29) is 11.4 Å². The topological polar surface area (TPSA) is 108 Å². The molecule has 2 heterocycles. The number of nitrogens with one attached hydrogen (secondary N) is 1. The maximum Gasteiger partial charge on any atom is 0.320 e. The maximum absolute atomic E-state index is 12.0. The molecule has 1 N–H and O–H groups in total. The number of hydrogen-bond donors (Lipinski definition) is 1. The van der Waals surface area contributed by atoms with Crippen LogP contribution in [0, 0.1) is 17.0 Å². The van der Waals surface area contributed by atoms with Crippen LogP contribution in [0.1, 0.15) is 22.6 Å². The van der Waals surface area contributed by atoms with Crippen molar-refractivity contribution in [1.29, 1.82) is 0 Å². The van der Waals surface area contributed by atoms with E-state index in [1.165, 1.54) is 11.7 Å². The minimum absolute atomic E-state index is 0.0531. The average molecular weight is 371 g/mol. The lowest BCUT2D eigenvalue weighted by Crippen LogP contribution is -2.28. The SMILES string of the molecule is Cc1nn(CCCNC(=O)c2c([N+](=O)[O-])cnn2C)cc1Br.